The first-order valence-electron chi connectivity index (χ1n) is 6.72. The lowest BCUT2D eigenvalue weighted by Gasteiger charge is -2.51. The summed E-state index contributed by atoms with van der Waals surface area (Å²) >= 11 is 0. The number of hydrogen-bond acceptors (Lipinski definition) is 4. The van der Waals surface area contributed by atoms with Crippen molar-refractivity contribution in [2.75, 3.05) is 32.7 Å². The van der Waals surface area contributed by atoms with Crippen LogP contribution in [-0.2, 0) is 4.79 Å². The number of halogens is 1. The molecule has 0 bridgehead atoms. The number of hydrogen-bond donors (Lipinski definition) is 3. The number of carbonyl (C=O) groups is 1. The zero-order valence-electron chi connectivity index (χ0n) is 10.6. The number of likely N-dealkylation sites (tertiary alicyclic amines) is 1. The van der Waals surface area contributed by atoms with Crippen molar-refractivity contribution < 1.29 is 4.79 Å². The van der Waals surface area contributed by atoms with Gasteiger partial charge in [0.2, 0.25) is 5.91 Å². The molecule has 0 aromatic rings. The Morgan fingerprint density at radius 2 is 1.83 bits per heavy atom. The highest BCUT2D eigenvalue weighted by atomic mass is 35.5. The van der Waals surface area contributed by atoms with Crippen LogP contribution >= 0.6 is 12.4 Å². The smallest absolute Gasteiger partial charge is 0.220 e. The average Bonchev–Trinajstić information content (AvgIpc) is 2.14. The molecule has 0 aromatic carbocycles. The van der Waals surface area contributed by atoms with E-state index in [2.05, 4.69) is 15.5 Å². The van der Waals surface area contributed by atoms with Gasteiger partial charge >= 0.3 is 0 Å². The van der Waals surface area contributed by atoms with Gasteiger partial charge in [0.15, 0.2) is 0 Å². The maximum Gasteiger partial charge on any atom is 0.220 e. The Morgan fingerprint density at radius 1 is 1.17 bits per heavy atom. The summed E-state index contributed by atoms with van der Waals surface area (Å²) in [6.07, 6.45) is 1.92. The van der Waals surface area contributed by atoms with E-state index in [9.17, 15) is 4.79 Å². The van der Waals surface area contributed by atoms with Crippen LogP contribution in [0.5, 0.6) is 0 Å². The number of piperidine rings is 1. The number of nitrogens with two attached hydrogens (primary N) is 1. The number of amides is 1. The first-order chi connectivity index (χ1) is 8.25. The summed E-state index contributed by atoms with van der Waals surface area (Å²) in [5.74, 6) is 0.719. The first kappa shape index (κ1) is 14.1. The molecule has 3 fully saturated rings. The third kappa shape index (κ3) is 2.50. The molecule has 5 nitrogen and oxygen atoms in total. The standard InChI is InChI=1S/C12H22N4O.ClH/c13-12(17)8-1-2-16(10-6-15-7-10)11(3-8)9-4-14-5-9;/h8-11,14-15H,1-7H2,(H2,13,17);1H. The van der Waals surface area contributed by atoms with Crippen molar-refractivity contribution in [1.29, 1.82) is 0 Å². The van der Waals surface area contributed by atoms with Crippen LogP contribution in [0.25, 0.3) is 0 Å². The van der Waals surface area contributed by atoms with Gasteiger partial charge in [0.1, 0.15) is 0 Å². The van der Waals surface area contributed by atoms with Gasteiger partial charge in [0, 0.05) is 44.2 Å². The van der Waals surface area contributed by atoms with Crippen LogP contribution in [-0.4, -0.2) is 55.6 Å². The Balaban J connectivity index is 0.00000120. The van der Waals surface area contributed by atoms with E-state index >= 15 is 0 Å². The van der Waals surface area contributed by atoms with Crippen molar-refractivity contribution in [3.63, 3.8) is 0 Å². The summed E-state index contributed by atoms with van der Waals surface area (Å²) in [7, 11) is 0. The number of nitrogens with one attached hydrogen (secondary N) is 2. The minimum atomic E-state index is -0.103. The molecule has 2 unspecified atom stereocenters. The molecule has 3 rings (SSSR count). The molecule has 0 saturated carbocycles. The quantitative estimate of drug-likeness (QED) is 0.628. The van der Waals surface area contributed by atoms with Crippen LogP contribution in [0.2, 0.25) is 0 Å². The normalized spacial score (nSPS) is 34.2. The van der Waals surface area contributed by atoms with Crippen LogP contribution in [0.4, 0.5) is 0 Å². The molecule has 3 saturated heterocycles. The maximum atomic E-state index is 11.4. The van der Waals surface area contributed by atoms with E-state index in [-0.39, 0.29) is 24.2 Å². The van der Waals surface area contributed by atoms with Crippen LogP contribution < -0.4 is 16.4 Å². The van der Waals surface area contributed by atoms with Gasteiger partial charge in [-0.05, 0) is 25.3 Å². The zero-order chi connectivity index (χ0) is 11.8. The molecule has 0 radical (unpaired) electrons. The highest BCUT2D eigenvalue weighted by Crippen LogP contribution is 2.31. The predicted molar refractivity (Wildman–Crippen MR) is 72.7 cm³/mol. The molecule has 0 aliphatic carbocycles. The number of rotatable bonds is 3. The monoisotopic (exact) mass is 274 g/mol. The summed E-state index contributed by atoms with van der Waals surface area (Å²) in [5, 5.41) is 6.68. The van der Waals surface area contributed by atoms with E-state index < -0.39 is 0 Å². The minimum Gasteiger partial charge on any atom is -0.369 e. The zero-order valence-corrected chi connectivity index (χ0v) is 11.4. The summed E-state index contributed by atoms with van der Waals surface area (Å²) < 4.78 is 0. The lowest BCUT2D eigenvalue weighted by molar-refractivity contribution is -0.125. The third-order valence-electron chi connectivity index (χ3n) is 4.68. The molecule has 3 heterocycles. The Morgan fingerprint density at radius 3 is 2.28 bits per heavy atom. The second-order valence-corrected chi connectivity index (χ2v) is 5.66. The third-order valence-corrected chi connectivity index (χ3v) is 4.68. The van der Waals surface area contributed by atoms with Crippen LogP contribution in [0.15, 0.2) is 0 Å². The van der Waals surface area contributed by atoms with Gasteiger partial charge in [0.05, 0.1) is 0 Å². The fourth-order valence-corrected chi connectivity index (χ4v) is 3.28. The van der Waals surface area contributed by atoms with Crippen LogP contribution in [0.3, 0.4) is 0 Å². The second kappa shape index (κ2) is 5.74. The number of primary amides is 1. The Kier molecular flexibility index (Phi) is 4.48. The summed E-state index contributed by atoms with van der Waals surface area (Å²) in [4.78, 5) is 14.0. The molecular weight excluding hydrogens is 252 g/mol. The van der Waals surface area contributed by atoms with Crippen molar-refractivity contribution in [2.24, 2.45) is 17.6 Å². The fraction of sp³-hybridized carbons (Fsp3) is 0.917. The van der Waals surface area contributed by atoms with Crippen LogP contribution in [0.1, 0.15) is 12.8 Å². The minimum absolute atomic E-state index is 0. The summed E-state index contributed by atoms with van der Waals surface area (Å²) in [6, 6.07) is 1.25. The molecule has 18 heavy (non-hydrogen) atoms. The van der Waals surface area contributed by atoms with Crippen molar-refractivity contribution in [3.05, 3.63) is 0 Å². The molecule has 1 amide bonds. The van der Waals surface area contributed by atoms with Gasteiger partial charge in [-0.15, -0.1) is 12.4 Å². The highest BCUT2D eigenvalue weighted by Gasteiger charge is 2.41. The molecule has 2 atom stereocenters. The van der Waals surface area contributed by atoms with Gasteiger partial charge < -0.3 is 16.4 Å². The lowest BCUT2D eigenvalue weighted by Crippen LogP contribution is -2.66. The molecule has 3 aliphatic rings. The molecule has 104 valence electrons. The topological polar surface area (TPSA) is 70.4 Å². The van der Waals surface area contributed by atoms with Crippen molar-refractivity contribution in [3.8, 4) is 0 Å². The van der Waals surface area contributed by atoms with E-state index in [1.807, 2.05) is 0 Å². The molecular formula is C12H23ClN4O. The molecule has 0 aromatic heterocycles. The van der Waals surface area contributed by atoms with Gasteiger partial charge in [-0.3, -0.25) is 9.69 Å². The average molecular weight is 275 g/mol. The van der Waals surface area contributed by atoms with E-state index in [1.54, 1.807) is 0 Å². The Labute approximate surface area is 114 Å². The lowest BCUT2D eigenvalue weighted by atomic mass is 9.80. The number of nitrogens with zero attached hydrogens (tertiary/aromatic N) is 1. The van der Waals surface area contributed by atoms with E-state index in [0.29, 0.717) is 12.1 Å². The van der Waals surface area contributed by atoms with Gasteiger partial charge in [-0.25, -0.2) is 0 Å². The van der Waals surface area contributed by atoms with Gasteiger partial charge in [-0.1, -0.05) is 0 Å². The summed E-state index contributed by atoms with van der Waals surface area (Å²) in [5.41, 5.74) is 5.47. The van der Waals surface area contributed by atoms with Crippen LogP contribution in [0, 0.1) is 11.8 Å². The predicted octanol–water partition coefficient (Wildman–Crippen LogP) is -0.835. The second-order valence-electron chi connectivity index (χ2n) is 5.66. The molecule has 4 N–H and O–H groups in total. The molecule has 3 aliphatic heterocycles. The van der Waals surface area contributed by atoms with Gasteiger partial charge in [0.25, 0.3) is 0 Å². The van der Waals surface area contributed by atoms with Crippen molar-refractivity contribution in [1.82, 2.24) is 15.5 Å². The van der Waals surface area contributed by atoms with E-state index in [4.69, 9.17) is 5.73 Å². The van der Waals surface area contributed by atoms with E-state index in [1.165, 1.54) is 0 Å². The van der Waals surface area contributed by atoms with E-state index in [0.717, 1.165) is 51.5 Å². The molecule has 6 heteroatoms. The Bertz CT molecular complexity index is 306. The van der Waals surface area contributed by atoms with Crippen molar-refractivity contribution >= 4 is 18.3 Å². The van der Waals surface area contributed by atoms with Crippen molar-refractivity contribution in [2.45, 2.75) is 24.9 Å². The SMILES string of the molecule is Cl.NC(=O)C1CCN(C2CNC2)C(C2CNC2)C1. The van der Waals surface area contributed by atoms with Gasteiger partial charge in [-0.2, -0.15) is 0 Å². The number of carbonyl (C=O) groups excluding carboxylic acids is 1. The largest absolute Gasteiger partial charge is 0.369 e. The molecule has 0 spiro atoms. The maximum absolute atomic E-state index is 11.4. The fourth-order valence-electron chi connectivity index (χ4n) is 3.28. The first-order valence-corrected chi connectivity index (χ1v) is 6.72. The highest BCUT2D eigenvalue weighted by molar-refractivity contribution is 5.85. The Hall–Kier alpha value is -0.360. The summed E-state index contributed by atoms with van der Waals surface area (Å²) in [6.45, 7) is 5.47.